The maximum Gasteiger partial charge on any atom is 0.169 e. The number of benzene rings is 2. The Morgan fingerprint density at radius 2 is 1.27 bits per heavy atom. The van der Waals surface area contributed by atoms with Gasteiger partial charge in [-0.25, -0.2) is 23.2 Å². The van der Waals surface area contributed by atoms with E-state index in [0.717, 1.165) is 0 Å². The van der Waals surface area contributed by atoms with Crippen LogP contribution in [0.4, 0.5) is 0 Å². The quantitative estimate of drug-likeness (QED) is 0.514. The predicted molar refractivity (Wildman–Crippen MR) is 70.6 cm³/mol. The Balaban J connectivity index is 0.000000309. The number of hydrogen-bond donors (Lipinski definition) is 0. The Morgan fingerprint density at radius 1 is 0.727 bits per heavy atom. The summed E-state index contributed by atoms with van der Waals surface area (Å²) in [5.41, 5.74) is 2.53. The van der Waals surface area contributed by atoms with Crippen molar-refractivity contribution in [2.24, 2.45) is 7.05 Å². The number of rotatable bonds is 1. The Bertz CT molecular complexity index is 748. The lowest BCUT2D eigenvalue weighted by Gasteiger charge is -2.17. The molecule has 5 nitrogen and oxygen atoms in total. The van der Waals surface area contributed by atoms with E-state index in [4.69, 9.17) is 18.6 Å². The summed E-state index contributed by atoms with van der Waals surface area (Å²) >= 11 is 0. The highest BCUT2D eigenvalue weighted by Crippen LogP contribution is 2.23. The van der Waals surface area contributed by atoms with Crippen LogP contribution in [-0.2, 0) is 7.05 Å². The first kappa shape index (κ1) is 16.4. The van der Waals surface area contributed by atoms with Gasteiger partial charge in [-0.2, -0.15) is 0 Å². The molecule has 1 heterocycles. The molecule has 114 valence electrons. The summed E-state index contributed by atoms with van der Waals surface area (Å²) in [6.45, 7) is 0. The number of halogens is 1. The van der Waals surface area contributed by atoms with E-state index < -0.39 is 10.2 Å². The Hall–Kier alpha value is -2.02. The summed E-state index contributed by atoms with van der Waals surface area (Å²) in [5.74, 6) is 0. The average molecular weight is 320 g/mol. The third-order valence-corrected chi connectivity index (χ3v) is 3.06. The molecule has 0 saturated carbocycles. The van der Waals surface area contributed by atoms with Crippen LogP contribution in [0.5, 0.6) is 0 Å². The smallest absolute Gasteiger partial charge is 0.169 e. The minimum absolute atomic E-state index is 1.26. The van der Waals surface area contributed by atoms with Crippen LogP contribution >= 0.6 is 0 Å². The molecule has 0 radical (unpaired) electrons. The van der Waals surface area contributed by atoms with Crippen molar-refractivity contribution >= 4 is 10.8 Å². The minimum Gasteiger partial charge on any atom is -0.222 e. The number of nitrogens with zero attached hydrogens (tertiary/aromatic N) is 1. The first-order valence-electron chi connectivity index (χ1n) is 6.39. The summed E-state index contributed by atoms with van der Waals surface area (Å²) in [4.78, 5) is 0. The van der Waals surface area contributed by atoms with Crippen molar-refractivity contribution in [1.82, 2.24) is 0 Å². The van der Waals surface area contributed by atoms with Gasteiger partial charge in [-0.1, -0.05) is 36.4 Å². The van der Waals surface area contributed by atoms with Crippen LogP contribution in [-0.4, -0.2) is 0 Å². The molecule has 0 atom stereocenters. The minimum atomic E-state index is -4.94. The first-order chi connectivity index (χ1) is 10.3. The highest BCUT2D eigenvalue weighted by atomic mass is 35.7. The van der Waals surface area contributed by atoms with E-state index in [2.05, 4.69) is 67.0 Å². The molecule has 0 aliphatic rings. The molecule has 0 amide bonds. The molecule has 22 heavy (non-hydrogen) atoms. The summed E-state index contributed by atoms with van der Waals surface area (Å²) in [7, 11) is -2.91. The molecule has 6 heteroatoms. The van der Waals surface area contributed by atoms with Gasteiger partial charge in [0.05, 0.1) is 0 Å². The van der Waals surface area contributed by atoms with E-state index in [-0.39, 0.29) is 0 Å². The van der Waals surface area contributed by atoms with Gasteiger partial charge in [-0.15, -0.1) is 10.2 Å². The van der Waals surface area contributed by atoms with E-state index in [1.54, 1.807) is 0 Å². The normalized spacial score (nSPS) is 11.0. The lowest BCUT2D eigenvalue weighted by Crippen LogP contribution is -2.68. The largest absolute Gasteiger partial charge is 0.222 e. The van der Waals surface area contributed by atoms with Crippen molar-refractivity contribution in [2.75, 3.05) is 0 Å². The van der Waals surface area contributed by atoms with Crippen LogP contribution in [0.25, 0.3) is 21.9 Å². The first-order valence-corrected chi connectivity index (χ1v) is 7.62. The third-order valence-electron chi connectivity index (χ3n) is 3.06. The van der Waals surface area contributed by atoms with Gasteiger partial charge in [-0.05, 0) is 28.0 Å². The zero-order valence-electron chi connectivity index (χ0n) is 11.8. The van der Waals surface area contributed by atoms with Gasteiger partial charge in [0.25, 0.3) is 0 Å². The van der Waals surface area contributed by atoms with Crippen LogP contribution in [0.1, 0.15) is 0 Å². The van der Waals surface area contributed by atoms with Crippen LogP contribution in [0.3, 0.4) is 0 Å². The molecule has 0 bridgehead atoms. The van der Waals surface area contributed by atoms with E-state index in [9.17, 15) is 0 Å². The molecule has 0 aliphatic heterocycles. The van der Waals surface area contributed by atoms with Crippen molar-refractivity contribution in [2.45, 2.75) is 0 Å². The molecule has 1 aromatic heterocycles. The summed E-state index contributed by atoms with van der Waals surface area (Å²) < 4.78 is 36.0. The van der Waals surface area contributed by atoms with Crippen molar-refractivity contribution in [3.63, 3.8) is 0 Å². The van der Waals surface area contributed by atoms with Crippen molar-refractivity contribution in [1.29, 1.82) is 0 Å². The van der Waals surface area contributed by atoms with Gasteiger partial charge in [0, 0.05) is 12.1 Å². The second kappa shape index (κ2) is 6.83. The summed E-state index contributed by atoms with van der Waals surface area (Å²) in [6.07, 6.45) is 4.15. The van der Waals surface area contributed by atoms with Crippen LogP contribution in [0, 0.1) is 10.2 Å². The maximum atomic E-state index is 8.49. The van der Waals surface area contributed by atoms with E-state index in [0.29, 0.717) is 0 Å². The van der Waals surface area contributed by atoms with Crippen molar-refractivity contribution in [3.8, 4) is 11.1 Å². The standard InChI is InChI=1S/C16H14N.ClHO4/c1-17-10-8-14(9-11-17)16-7-6-13-4-2-3-5-15(13)12-16;2-1(3,4)5/h2-12H,1H3;(H,2,3,4,5)/q+1;/p-1. The fourth-order valence-electron chi connectivity index (χ4n) is 2.06. The van der Waals surface area contributed by atoms with E-state index in [1.165, 1.54) is 21.9 Å². The lowest BCUT2D eigenvalue weighted by atomic mass is 10.0. The number of aromatic nitrogens is 1. The molecule has 0 unspecified atom stereocenters. The van der Waals surface area contributed by atoms with Gasteiger partial charge in [0.15, 0.2) is 12.4 Å². The topological polar surface area (TPSA) is 96.1 Å². The number of fused-ring (bicyclic) bond motifs is 1. The van der Waals surface area contributed by atoms with Crippen LogP contribution in [0.2, 0.25) is 0 Å². The van der Waals surface area contributed by atoms with Crippen LogP contribution in [0.15, 0.2) is 67.0 Å². The van der Waals surface area contributed by atoms with Gasteiger partial charge in [0.2, 0.25) is 0 Å². The molecular weight excluding hydrogens is 306 g/mol. The monoisotopic (exact) mass is 319 g/mol. The molecule has 2 aromatic carbocycles. The molecule has 0 spiro atoms. The van der Waals surface area contributed by atoms with E-state index >= 15 is 0 Å². The third kappa shape index (κ3) is 5.07. The summed E-state index contributed by atoms with van der Waals surface area (Å²) in [5, 5.41) is 2.58. The maximum absolute atomic E-state index is 8.49. The number of hydrogen-bond acceptors (Lipinski definition) is 4. The lowest BCUT2D eigenvalue weighted by molar-refractivity contribution is -2.00. The van der Waals surface area contributed by atoms with Gasteiger partial charge in [0.1, 0.15) is 7.05 Å². The van der Waals surface area contributed by atoms with Crippen molar-refractivity contribution < 1.29 is 33.4 Å². The second-order valence-corrected chi connectivity index (χ2v) is 5.45. The zero-order valence-corrected chi connectivity index (χ0v) is 12.6. The fourth-order valence-corrected chi connectivity index (χ4v) is 2.06. The molecule has 3 rings (SSSR count). The van der Waals surface area contributed by atoms with Gasteiger partial charge in [-0.3, -0.25) is 0 Å². The molecule has 3 aromatic rings. The van der Waals surface area contributed by atoms with E-state index in [1.807, 2.05) is 11.6 Å². The van der Waals surface area contributed by atoms with Crippen molar-refractivity contribution in [3.05, 3.63) is 67.0 Å². The fraction of sp³-hybridized carbons (Fsp3) is 0.0625. The molecule has 0 N–H and O–H groups in total. The highest BCUT2D eigenvalue weighted by Gasteiger charge is 2.01. The van der Waals surface area contributed by atoms with Crippen LogP contribution < -0.4 is 23.2 Å². The molecule has 0 saturated heterocycles. The molecule has 0 aliphatic carbocycles. The van der Waals surface area contributed by atoms with Gasteiger partial charge < -0.3 is 0 Å². The Labute approximate surface area is 130 Å². The molecule has 0 fully saturated rings. The summed E-state index contributed by atoms with van der Waals surface area (Å²) in [6, 6.07) is 19.3. The number of pyridine rings is 1. The SMILES string of the molecule is C[n+]1ccc(-c2ccc3ccccc3c2)cc1.[O-][Cl+3]([O-])([O-])[O-]. The second-order valence-electron chi connectivity index (χ2n) is 4.69. The van der Waals surface area contributed by atoms with Gasteiger partial charge >= 0.3 is 0 Å². The predicted octanol–water partition coefficient (Wildman–Crippen LogP) is -1.42. The average Bonchev–Trinajstić information content (AvgIpc) is 2.46. The molecular formula is C16H14ClNO4. The number of aryl methyl sites for hydroxylation is 1. The highest BCUT2D eigenvalue weighted by molar-refractivity contribution is 5.87. The zero-order chi connectivity index (χ0) is 16.2. The Morgan fingerprint density at radius 3 is 1.86 bits per heavy atom. The Kier molecular flexibility index (Phi) is 5.07.